The third kappa shape index (κ3) is 5.91. The summed E-state index contributed by atoms with van der Waals surface area (Å²) in [6.45, 7) is 4.30. The van der Waals surface area contributed by atoms with Crippen molar-refractivity contribution in [1.29, 1.82) is 0 Å². The lowest BCUT2D eigenvalue weighted by Crippen LogP contribution is -2.21. The van der Waals surface area contributed by atoms with Crippen molar-refractivity contribution >= 4 is 17.6 Å². The van der Waals surface area contributed by atoms with Crippen LogP contribution in [0.3, 0.4) is 0 Å². The van der Waals surface area contributed by atoms with E-state index in [4.69, 9.17) is 18.9 Å². The summed E-state index contributed by atoms with van der Waals surface area (Å²) >= 11 is 0. The molecule has 0 radical (unpaired) electrons. The van der Waals surface area contributed by atoms with Crippen LogP contribution in [0.4, 0.5) is 5.69 Å². The van der Waals surface area contributed by atoms with Crippen LogP contribution >= 0.6 is 0 Å². The van der Waals surface area contributed by atoms with E-state index in [1.807, 2.05) is 13.8 Å². The van der Waals surface area contributed by atoms with Crippen LogP contribution in [0.2, 0.25) is 0 Å². The van der Waals surface area contributed by atoms with Gasteiger partial charge in [-0.05, 0) is 44.2 Å². The highest BCUT2D eigenvalue weighted by Gasteiger charge is 2.12. The molecule has 0 aromatic heterocycles. The second-order valence-electron chi connectivity index (χ2n) is 5.38. The molecule has 0 atom stereocenters. The molecule has 0 heterocycles. The van der Waals surface area contributed by atoms with E-state index in [9.17, 15) is 9.59 Å². The second-order valence-corrected chi connectivity index (χ2v) is 5.38. The summed E-state index contributed by atoms with van der Waals surface area (Å²) in [6.07, 6.45) is 0. The minimum absolute atomic E-state index is 0.307. The van der Waals surface area contributed by atoms with E-state index in [1.165, 1.54) is 7.11 Å². The number of carbonyl (C=O) groups is 2. The lowest BCUT2D eigenvalue weighted by molar-refractivity contribution is -0.119. The van der Waals surface area contributed by atoms with Crippen molar-refractivity contribution in [2.75, 3.05) is 32.2 Å². The first kappa shape index (κ1) is 20.1. The molecule has 0 saturated heterocycles. The smallest absolute Gasteiger partial charge is 0.338 e. The van der Waals surface area contributed by atoms with Gasteiger partial charge in [-0.3, -0.25) is 4.79 Å². The van der Waals surface area contributed by atoms with Crippen molar-refractivity contribution in [1.82, 2.24) is 0 Å². The van der Waals surface area contributed by atoms with E-state index in [2.05, 4.69) is 5.32 Å². The molecule has 0 spiro atoms. The van der Waals surface area contributed by atoms with Gasteiger partial charge in [-0.2, -0.15) is 0 Å². The van der Waals surface area contributed by atoms with Crippen molar-refractivity contribution < 1.29 is 28.5 Å². The summed E-state index contributed by atoms with van der Waals surface area (Å²) < 4.78 is 21.1. The largest absolute Gasteiger partial charge is 0.497 e. The molecule has 0 fully saturated rings. The molecule has 1 amide bonds. The van der Waals surface area contributed by atoms with Crippen molar-refractivity contribution in [3.8, 4) is 17.2 Å². The zero-order valence-corrected chi connectivity index (χ0v) is 15.6. The molecule has 0 aliphatic heterocycles. The summed E-state index contributed by atoms with van der Waals surface area (Å²) in [5, 5.41) is 2.66. The monoisotopic (exact) mass is 373 g/mol. The fraction of sp³-hybridized carbons (Fsp3) is 0.300. The van der Waals surface area contributed by atoms with Crippen LogP contribution in [0.25, 0.3) is 0 Å². The minimum Gasteiger partial charge on any atom is -0.497 e. The molecule has 27 heavy (non-hydrogen) atoms. The number of carbonyl (C=O) groups excluding carboxylic acids is 2. The van der Waals surface area contributed by atoms with Crippen molar-refractivity contribution in [3.63, 3.8) is 0 Å². The van der Waals surface area contributed by atoms with Gasteiger partial charge in [0, 0.05) is 11.8 Å². The molecular weight excluding hydrogens is 350 g/mol. The molecule has 1 N–H and O–H groups in total. The highest BCUT2D eigenvalue weighted by Crippen LogP contribution is 2.30. The van der Waals surface area contributed by atoms with Gasteiger partial charge in [0.15, 0.2) is 18.1 Å². The van der Waals surface area contributed by atoms with Gasteiger partial charge in [0.05, 0.1) is 25.9 Å². The fourth-order valence-electron chi connectivity index (χ4n) is 2.29. The summed E-state index contributed by atoms with van der Waals surface area (Å²) in [5.41, 5.74) is 0.825. The Balaban J connectivity index is 1.94. The molecule has 0 saturated carbocycles. The van der Waals surface area contributed by atoms with E-state index in [-0.39, 0.29) is 0 Å². The summed E-state index contributed by atoms with van der Waals surface area (Å²) in [4.78, 5) is 24.1. The Kier molecular flexibility index (Phi) is 7.49. The molecule has 0 aliphatic carbocycles. The third-order valence-electron chi connectivity index (χ3n) is 3.47. The SMILES string of the molecule is CCOc1ccc(NC(=O)COC(=O)c2cccc(OC)c2)cc1OCC. The summed E-state index contributed by atoms with van der Waals surface area (Å²) in [5.74, 6) is 0.600. The third-order valence-corrected chi connectivity index (χ3v) is 3.47. The lowest BCUT2D eigenvalue weighted by Gasteiger charge is -2.13. The quantitative estimate of drug-likeness (QED) is 0.679. The molecule has 0 aliphatic rings. The van der Waals surface area contributed by atoms with E-state index >= 15 is 0 Å². The molecule has 0 bridgehead atoms. The fourth-order valence-corrected chi connectivity index (χ4v) is 2.29. The average molecular weight is 373 g/mol. The van der Waals surface area contributed by atoms with Gasteiger partial charge >= 0.3 is 5.97 Å². The van der Waals surface area contributed by atoms with Crippen LogP contribution < -0.4 is 19.5 Å². The van der Waals surface area contributed by atoms with Crippen LogP contribution in [0.15, 0.2) is 42.5 Å². The Hall–Kier alpha value is -3.22. The van der Waals surface area contributed by atoms with Crippen LogP contribution in [-0.2, 0) is 9.53 Å². The number of nitrogens with one attached hydrogen (secondary N) is 1. The predicted octanol–water partition coefficient (Wildman–Crippen LogP) is 3.29. The lowest BCUT2D eigenvalue weighted by atomic mass is 10.2. The van der Waals surface area contributed by atoms with Gasteiger partial charge in [-0.25, -0.2) is 4.79 Å². The zero-order valence-electron chi connectivity index (χ0n) is 15.6. The Morgan fingerprint density at radius 2 is 1.70 bits per heavy atom. The Labute approximate surface area is 158 Å². The van der Waals surface area contributed by atoms with E-state index in [0.29, 0.717) is 41.7 Å². The van der Waals surface area contributed by atoms with Gasteiger partial charge in [-0.1, -0.05) is 6.07 Å². The van der Waals surface area contributed by atoms with Crippen molar-refractivity contribution in [2.24, 2.45) is 0 Å². The Morgan fingerprint density at radius 1 is 0.963 bits per heavy atom. The number of hydrogen-bond donors (Lipinski definition) is 1. The summed E-state index contributed by atoms with van der Waals surface area (Å²) in [7, 11) is 1.51. The maximum atomic E-state index is 12.1. The number of esters is 1. The van der Waals surface area contributed by atoms with Crippen LogP contribution in [0.1, 0.15) is 24.2 Å². The number of amides is 1. The predicted molar refractivity (Wildman–Crippen MR) is 101 cm³/mol. The van der Waals surface area contributed by atoms with Crippen molar-refractivity contribution in [2.45, 2.75) is 13.8 Å². The summed E-state index contributed by atoms with van der Waals surface area (Å²) in [6, 6.07) is 11.6. The molecule has 7 nitrogen and oxygen atoms in total. The first-order chi connectivity index (χ1) is 13.1. The molecule has 7 heteroatoms. The second kappa shape index (κ2) is 10.1. The number of rotatable bonds is 9. The molecule has 2 rings (SSSR count). The Morgan fingerprint density at radius 3 is 2.41 bits per heavy atom. The van der Waals surface area contributed by atoms with E-state index in [0.717, 1.165) is 0 Å². The molecule has 2 aromatic carbocycles. The van der Waals surface area contributed by atoms with Gasteiger partial charge in [-0.15, -0.1) is 0 Å². The topological polar surface area (TPSA) is 83.1 Å². The zero-order chi connectivity index (χ0) is 19.6. The number of anilines is 1. The Bertz CT molecular complexity index is 790. The maximum absolute atomic E-state index is 12.1. The number of ether oxygens (including phenoxy) is 4. The first-order valence-electron chi connectivity index (χ1n) is 8.58. The average Bonchev–Trinajstić information content (AvgIpc) is 2.68. The van der Waals surface area contributed by atoms with Crippen LogP contribution in [0, 0.1) is 0 Å². The van der Waals surface area contributed by atoms with Gasteiger partial charge in [0.2, 0.25) is 0 Å². The minimum atomic E-state index is -0.606. The normalized spacial score (nSPS) is 10.0. The van der Waals surface area contributed by atoms with E-state index in [1.54, 1.807) is 42.5 Å². The molecular formula is C20H23NO6. The highest BCUT2D eigenvalue weighted by molar-refractivity contribution is 5.95. The number of hydrogen-bond acceptors (Lipinski definition) is 6. The van der Waals surface area contributed by atoms with Crippen LogP contribution in [0.5, 0.6) is 17.2 Å². The number of benzene rings is 2. The number of methoxy groups -OCH3 is 1. The van der Waals surface area contributed by atoms with Gasteiger partial charge < -0.3 is 24.3 Å². The highest BCUT2D eigenvalue weighted by atomic mass is 16.5. The standard InChI is InChI=1S/C20H23NO6/c1-4-25-17-10-9-15(12-18(17)26-5-2)21-19(22)13-27-20(23)14-7-6-8-16(11-14)24-3/h6-12H,4-5,13H2,1-3H3,(H,21,22). The molecule has 2 aromatic rings. The van der Waals surface area contributed by atoms with Crippen LogP contribution in [-0.4, -0.2) is 38.8 Å². The molecule has 0 unspecified atom stereocenters. The molecule has 144 valence electrons. The van der Waals surface area contributed by atoms with Crippen molar-refractivity contribution in [3.05, 3.63) is 48.0 Å². The first-order valence-corrected chi connectivity index (χ1v) is 8.58. The van der Waals surface area contributed by atoms with E-state index < -0.39 is 18.5 Å². The maximum Gasteiger partial charge on any atom is 0.338 e. The van der Waals surface area contributed by atoms with Gasteiger partial charge in [0.25, 0.3) is 5.91 Å². The van der Waals surface area contributed by atoms with Gasteiger partial charge in [0.1, 0.15) is 5.75 Å².